The zero-order valence-electron chi connectivity index (χ0n) is 14.5. The van der Waals surface area contributed by atoms with E-state index in [4.69, 9.17) is 28.3 Å². The van der Waals surface area contributed by atoms with Crippen molar-refractivity contribution in [2.24, 2.45) is 0 Å². The lowest BCUT2D eigenvalue weighted by Gasteiger charge is -2.16. The van der Waals surface area contributed by atoms with Gasteiger partial charge in [0.05, 0.1) is 29.3 Å². The third-order valence-corrected chi connectivity index (χ3v) is 4.68. The molecule has 6 nitrogen and oxygen atoms in total. The first kappa shape index (κ1) is 19.2. The van der Waals surface area contributed by atoms with Crippen LogP contribution in [0.15, 0.2) is 42.6 Å². The van der Waals surface area contributed by atoms with E-state index in [2.05, 4.69) is 4.98 Å². The summed E-state index contributed by atoms with van der Waals surface area (Å²) in [4.78, 5) is 29.4. The van der Waals surface area contributed by atoms with E-state index in [-0.39, 0.29) is 25.3 Å². The van der Waals surface area contributed by atoms with Crippen LogP contribution in [-0.2, 0) is 16.0 Å². The third kappa shape index (κ3) is 4.40. The number of amides is 1. The van der Waals surface area contributed by atoms with E-state index in [1.54, 1.807) is 41.9 Å². The molecule has 2 aromatic heterocycles. The van der Waals surface area contributed by atoms with Gasteiger partial charge >= 0.3 is 5.97 Å². The van der Waals surface area contributed by atoms with E-state index in [9.17, 15) is 9.59 Å². The molecule has 0 atom stereocenters. The standard InChI is InChI=1S/C19H17Cl2N3O3/c1-23(9-8-18(26)27)17(25)10-15-19(12-2-4-13(20)5-3-12)22-16-7-6-14(21)11-24(15)16/h2-7,11H,8-10H2,1H3,(H,26,27). The summed E-state index contributed by atoms with van der Waals surface area (Å²) in [5.74, 6) is -1.15. The molecule has 0 bridgehead atoms. The van der Waals surface area contributed by atoms with E-state index in [1.165, 1.54) is 4.90 Å². The number of aromatic nitrogens is 2. The zero-order valence-corrected chi connectivity index (χ0v) is 16.0. The predicted octanol–water partition coefficient (Wildman–Crippen LogP) is 3.78. The summed E-state index contributed by atoms with van der Waals surface area (Å²) in [6, 6.07) is 10.7. The summed E-state index contributed by atoms with van der Waals surface area (Å²) < 4.78 is 1.79. The van der Waals surface area contributed by atoms with E-state index in [1.807, 2.05) is 12.1 Å². The maximum atomic E-state index is 12.6. The maximum absolute atomic E-state index is 12.6. The number of halogens is 2. The Morgan fingerprint density at radius 2 is 1.78 bits per heavy atom. The molecule has 1 amide bonds. The number of carbonyl (C=O) groups excluding carboxylic acids is 1. The van der Waals surface area contributed by atoms with Crippen LogP contribution < -0.4 is 0 Å². The minimum atomic E-state index is -0.946. The number of aliphatic carboxylic acids is 1. The number of rotatable bonds is 6. The average molecular weight is 406 g/mol. The normalized spacial score (nSPS) is 10.9. The summed E-state index contributed by atoms with van der Waals surface area (Å²) in [7, 11) is 1.59. The predicted molar refractivity (Wildman–Crippen MR) is 104 cm³/mol. The molecule has 27 heavy (non-hydrogen) atoms. The van der Waals surface area contributed by atoms with Gasteiger partial charge in [-0.2, -0.15) is 0 Å². The molecule has 3 rings (SSSR count). The van der Waals surface area contributed by atoms with Crippen LogP contribution in [0.3, 0.4) is 0 Å². The lowest BCUT2D eigenvalue weighted by atomic mass is 10.1. The van der Waals surface area contributed by atoms with Gasteiger partial charge in [-0.15, -0.1) is 0 Å². The number of hydrogen-bond donors (Lipinski definition) is 1. The Kier molecular flexibility index (Phi) is 5.68. The van der Waals surface area contributed by atoms with Crippen molar-refractivity contribution < 1.29 is 14.7 Å². The molecule has 1 N–H and O–H groups in total. The van der Waals surface area contributed by atoms with Gasteiger partial charge in [0.25, 0.3) is 0 Å². The van der Waals surface area contributed by atoms with Crippen LogP contribution in [0.2, 0.25) is 10.0 Å². The van der Waals surface area contributed by atoms with Crippen molar-refractivity contribution in [2.75, 3.05) is 13.6 Å². The van der Waals surface area contributed by atoms with Crippen molar-refractivity contribution in [3.05, 3.63) is 58.3 Å². The molecule has 0 aliphatic heterocycles. The smallest absolute Gasteiger partial charge is 0.305 e. The second-order valence-electron chi connectivity index (χ2n) is 6.13. The summed E-state index contributed by atoms with van der Waals surface area (Å²) >= 11 is 12.1. The number of carbonyl (C=O) groups is 2. The average Bonchev–Trinajstić information content (AvgIpc) is 2.98. The lowest BCUT2D eigenvalue weighted by Crippen LogP contribution is -2.30. The van der Waals surface area contributed by atoms with Crippen molar-refractivity contribution in [3.63, 3.8) is 0 Å². The SMILES string of the molecule is CN(CCC(=O)O)C(=O)Cc1c(-c2ccc(Cl)cc2)nc2ccc(Cl)cn12. The quantitative estimate of drug-likeness (QED) is 0.676. The fraction of sp³-hybridized carbons (Fsp3) is 0.211. The highest BCUT2D eigenvalue weighted by atomic mass is 35.5. The molecule has 0 unspecified atom stereocenters. The van der Waals surface area contributed by atoms with E-state index >= 15 is 0 Å². The third-order valence-electron chi connectivity index (χ3n) is 4.20. The number of hydrogen-bond acceptors (Lipinski definition) is 3. The fourth-order valence-electron chi connectivity index (χ4n) is 2.74. The maximum Gasteiger partial charge on any atom is 0.305 e. The Morgan fingerprint density at radius 1 is 1.11 bits per heavy atom. The van der Waals surface area contributed by atoms with Crippen LogP contribution >= 0.6 is 23.2 Å². The molecule has 0 aliphatic carbocycles. The Labute approximate surface area is 165 Å². The first-order valence-corrected chi connectivity index (χ1v) is 8.99. The zero-order chi connectivity index (χ0) is 19.6. The van der Waals surface area contributed by atoms with Crippen LogP contribution in [0.5, 0.6) is 0 Å². The second kappa shape index (κ2) is 7.98. The highest BCUT2D eigenvalue weighted by Crippen LogP contribution is 2.27. The largest absolute Gasteiger partial charge is 0.481 e. The van der Waals surface area contributed by atoms with Crippen molar-refractivity contribution in [1.82, 2.24) is 14.3 Å². The van der Waals surface area contributed by atoms with Crippen LogP contribution in [0, 0.1) is 0 Å². The summed E-state index contributed by atoms with van der Waals surface area (Å²) in [5, 5.41) is 9.94. The molecule has 0 radical (unpaired) electrons. The monoisotopic (exact) mass is 405 g/mol. The second-order valence-corrected chi connectivity index (χ2v) is 7.00. The van der Waals surface area contributed by atoms with E-state index in [0.717, 1.165) is 5.56 Å². The molecule has 0 fully saturated rings. The number of pyridine rings is 1. The first-order chi connectivity index (χ1) is 12.8. The molecular weight excluding hydrogens is 389 g/mol. The van der Waals surface area contributed by atoms with Crippen molar-refractivity contribution in [1.29, 1.82) is 0 Å². The molecule has 0 aliphatic rings. The minimum absolute atomic E-state index is 0.0651. The number of imidazole rings is 1. The first-order valence-electron chi connectivity index (χ1n) is 8.23. The Bertz CT molecular complexity index is 999. The number of fused-ring (bicyclic) bond motifs is 1. The van der Waals surface area contributed by atoms with Gasteiger partial charge in [-0.25, -0.2) is 4.98 Å². The number of carboxylic acids is 1. The van der Waals surface area contributed by atoms with Crippen molar-refractivity contribution >= 4 is 40.7 Å². The highest BCUT2D eigenvalue weighted by Gasteiger charge is 2.19. The summed E-state index contributed by atoms with van der Waals surface area (Å²) in [6.45, 7) is 0.141. The fourth-order valence-corrected chi connectivity index (χ4v) is 3.03. The molecule has 1 aromatic carbocycles. The molecule has 8 heteroatoms. The van der Waals surface area contributed by atoms with E-state index < -0.39 is 5.97 Å². The van der Waals surface area contributed by atoms with Crippen LogP contribution in [0.4, 0.5) is 0 Å². The Balaban J connectivity index is 2.00. The summed E-state index contributed by atoms with van der Waals surface area (Å²) in [5.41, 5.74) is 2.84. The van der Waals surface area contributed by atoms with Crippen LogP contribution in [0.25, 0.3) is 16.9 Å². The van der Waals surface area contributed by atoms with Crippen LogP contribution in [-0.4, -0.2) is 44.9 Å². The highest BCUT2D eigenvalue weighted by molar-refractivity contribution is 6.30. The molecule has 140 valence electrons. The van der Waals surface area contributed by atoms with Gasteiger partial charge < -0.3 is 14.4 Å². The molecule has 3 aromatic rings. The van der Waals surface area contributed by atoms with Crippen LogP contribution in [0.1, 0.15) is 12.1 Å². The van der Waals surface area contributed by atoms with Gasteiger partial charge in [0.2, 0.25) is 5.91 Å². The van der Waals surface area contributed by atoms with E-state index in [0.29, 0.717) is 27.1 Å². The molecule has 0 saturated carbocycles. The Hall–Kier alpha value is -2.57. The van der Waals surface area contributed by atoms with Crippen molar-refractivity contribution in [3.8, 4) is 11.3 Å². The Morgan fingerprint density at radius 3 is 2.44 bits per heavy atom. The van der Waals surface area contributed by atoms with Crippen molar-refractivity contribution in [2.45, 2.75) is 12.8 Å². The lowest BCUT2D eigenvalue weighted by molar-refractivity contribution is -0.138. The molecular formula is C19H17Cl2N3O3. The van der Waals surface area contributed by atoms with Gasteiger partial charge in [0.15, 0.2) is 0 Å². The number of nitrogens with zero attached hydrogens (tertiary/aromatic N) is 3. The molecule has 2 heterocycles. The molecule has 0 saturated heterocycles. The number of benzene rings is 1. The number of carboxylic acid groups (broad SMARTS) is 1. The minimum Gasteiger partial charge on any atom is -0.481 e. The van der Waals surface area contributed by atoms with Gasteiger partial charge in [0.1, 0.15) is 5.65 Å². The van der Waals surface area contributed by atoms with Gasteiger partial charge in [0, 0.05) is 30.4 Å². The topological polar surface area (TPSA) is 74.9 Å². The molecule has 0 spiro atoms. The van der Waals surface area contributed by atoms with Gasteiger partial charge in [-0.05, 0) is 24.3 Å². The van der Waals surface area contributed by atoms with Gasteiger partial charge in [-0.3, -0.25) is 9.59 Å². The number of likely N-dealkylation sites (N-methyl/N-ethyl adjacent to an activating group) is 1. The summed E-state index contributed by atoms with van der Waals surface area (Å²) in [6.07, 6.45) is 1.67. The van der Waals surface area contributed by atoms with Gasteiger partial charge in [-0.1, -0.05) is 35.3 Å².